The lowest BCUT2D eigenvalue weighted by molar-refractivity contribution is 0.00669. The van der Waals surface area contributed by atoms with Crippen molar-refractivity contribution >= 4 is 42.3 Å². The first kappa shape index (κ1) is 36.2. The van der Waals surface area contributed by atoms with Crippen LogP contribution in [0.25, 0.3) is 6.08 Å². The zero-order valence-electron chi connectivity index (χ0n) is 28.3. The van der Waals surface area contributed by atoms with Crippen LogP contribution in [0.3, 0.4) is 0 Å². The first-order valence-corrected chi connectivity index (χ1v) is 18.1. The number of benzene rings is 2. The van der Waals surface area contributed by atoms with Crippen LogP contribution in [0.5, 0.6) is 0 Å². The fourth-order valence-corrected chi connectivity index (χ4v) is 10.0. The van der Waals surface area contributed by atoms with Crippen molar-refractivity contribution in [3.05, 3.63) is 102 Å². The third kappa shape index (κ3) is 9.84. The molecule has 0 bridgehead atoms. The molecule has 6 heteroatoms. The van der Waals surface area contributed by atoms with E-state index in [-0.39, 0.29) is 11.0 Å². The van der Waals surface area contributed by atoms with Gasteiger partial charge >= 0.3 is 5.97 Å². The van der Waals surface area contributed by atoms with Gasteiger partial charge in [0.25, 0.3) is 8.32 Å². The Morgan fingerprint density at radius 3 is 2.04 bits per heavy atom. The Morgan fingerprint density at radius 2 is 1.56 bits per heavy atom. The number of furan rings is 1. The number of ether oxygens (including phenoxy) is 1. The fraction of sp³-hybridized carbons (Fsp3) is 0.410. The van der Waals surface area contributed by atoms with Crippen LogP contribution in [-0.4, -0.2) is 32.4 Å². The average Bonchev–Trinajstić information content (AvgIpc) is 3.37. The molecular weight excluding hydrogens is 596 g/mol. The molecule has 0 amide bonds. The van der Waals surface area contributed by atoms with E-state index in [2.05, 4.69) is 87.7 Å². The van der Waals surface area contributed by atoms with E-state index in [9.17, 15) is 4.79 Å². The predicted octanol–water partition coefficient (Wildman–Crippen LogP) is 8.97. The van der Waals surface area contributed by atoms with Crippen molar-refractivity contribution < 1.29 is 18.4 Å². The van der Waals surface area contributed by atoms with Crippen molar-refractivity contribution in [1.29, 1.82) is 0 Å². The van der Waals surface area contributed by atoms with Crippen LogP contribution >= 0.6 is 11.6 Å². The smallest absolute Gasteiger partial charge is 0.342 e. The molecule has 0 aliphatic rings. The van der Waals surface area contributed by atoms with Crippen molar-refractivity contribution in [3.8, 4) is 11.8 Å². The summed E-state index contributed by atoms with van der Waals surface area (Å²) in [5.41, 5.74) is 1.78. The normalized spacial score (nSPS) is 13.1. The van der Waals surface area contributed by atoms with E-state index in [0.29, 0.717) is 42.4 Å². The van der Waals surface area contributed by atoms with Crippen molar-refractivity contribution in [3.63, 3.8) is 0 Å². The minimum Gasteiger partial charge on any atom is -0.461 e. The van der Waals surface area contributed by atoms with E-state index < -0.39 is 19.9 Å². The molecule has 1 heterocycles. The number of allylic oxidation sites excluding steroid dienone is 2. The van der Waals surface area contributed by atoms with Crippen LogP contribution in [0.15, 0.2) is 88.9 Å². The van der Waals surface area contributed by atoms with Crippen LogP contribution < -0.4 is 10.4 Å². The van der Waals surface area contributed by atoms with Crippen LogP contribution in [0.2, 0.25) is 5.04 Å². The van der Waals surface area contributed by atoms with Crippen LogP contribution in [0.4, 0.5) is 0 Å². The molecule has 0 aliphatic carbocycles. The van der Waals surface area contributed by atoms with Crippen molar-refractivity contribution in [2.24, 2.45) is 5.92 Å². The van der Waals surface area contributed by atoms with Gasteiger partial charge in [0.15, 0.2) is 0 Å². The van der Waals surface area contributed by atoms with E-state index in [4.69, 9.17) is 25.2 Å². The van der Waals surface area contributed by atoms with Gasteiger partial charge in [-0.05, 0) is 74.5 Å². The second-order valence-corrected chi connectivity index (χ2v) is 18.3. The van der Waals surface area contributed by atoms with Gasteiger partial charge in [-0.3, -0.25) is 0 Å². The number of hydrogen-bond acceptors (Lipinski definition) is 4. The molecule has 0 aliphatic heterocycles. The zero-order valence-corrected chi connectivity index (χ0v) is 30.0. The topological polar surface area (TPSA) is 48.7 Å². The number of esters is 1. The molecule has 2 aromatic carbocycles. The Kier molecular flexibility index (Phi) is 12.7. The van der Waals surface area contributed by atoms with Crippen molar-refractivity contribution in [2.75, 3.05) is 12.5 Å². The molecule has 0 saturated carbocycles. The second-order valence-electron chi connectivity index (χ2n) is 13.7. The standard InChI is InChI=1S/C39H49ClO4Si/c1-29(2)31(26-36-35(37(41)44-38(4,5)6)27-32(43-36)25-30(3)28-40)19-13-12-18-24-42-45(39(7,8)9,33-20-14-10-15-21-33)34-22-16-11-17-23-34/h10-11,14-17,20-23,25,27,31H,1,13,19,24,26,28H2,2-9H3/b30-25+. The maximum atomic E-state index is 13.1. The maximum absolute atomic E-state index is 13.1. The Balaban J connectivity index is 1.79. The van der Waals surface area contributed by atoms with Gasteiger partial charge in [0, 0.05) is 18.7 Å². The maximum Gasteiger partial charge on any atom is 0.342 e. The third-order valence-corrected chi connectivity index (χ3v) is 13.1. The zero-order chi connectivity index (χ0) is 33.3. The molecule has 0 spiro atoms. The van der Waals surface area contributed by atoms with E-state index in [1.54, 1.807) is 6.07 Å². The summed E-state index contributed by atoms with van der Waals surface area (Å²) in [4.78, 5) is 13.1. The Bertz CT molecular complexity index is 1470. The molecule has 0 fully saturated rings. The van der Waals surface area contributed by atoms with E-state index >= 15 is 0 Å². The number of rotatable bonds is 12. The summed E-state index contributed by atoms with van der Waals surface area (Å²) in [6, 6.07) is 22.9. The summed E-state index contributed by atoms with van der Waals surface area (Å²) in [7, 11) is -2.63. The summed E-state index contributed by atoms with van der Waals surface area (Å²) >= 11 is 5.99. The summed E-state index contributed by atoms with van der Waals surface area (Å²) in [5.74, 6) is 7.90. The van der Waals surface area contributed by atoms with Gasteiger partial charge in [-0.1, -0.05) is 105 Å². The summed E-state index contributed by atoms with van der Waals surface area (Å²) in [5, 5.41) is 2.37. The van der Waals surface area contributed by atoms with Gasteiger partial charge in [0.2, 0.25) is 0 Å². The minimum atomic E-state index is -2.63. The molecule has 1 aromatic heterocycles. The van der Waals surface area contributed by atoms with E-state index in [1.807, 2.05) is 52.8 Å². The van der Waals surface area contributed by atoms with Gasteiger partial charge in [-0.25, -0.2) is 4.79 Å². The molecule has 4 nitrogen and oxygen atoms in total. The Hall–Kier alpha value is -3.30. The number of carbonyl (C=O) groups excluding carboxylic acids is 1. The number of alkyl halides is 1. The van der Waals surface area contributed by atoms with Gasteiger partial charge < -0.3 is 13.6 Å². The number of carbonyl (C=O) groups is 1. The lowest BCUT2D eigenvalue weighted by Gasteiger charge is -2.42. The van der Waals surface area contributed by atoms with Crippen molar-refractivity contribution in [2.45, 2.75) is 85.3 Å². The van der Waals surface area contributed by atoms with Crippen LogP contribution in [0, 0.1) is 17.8 Å². The van der Waals surface area contributed by atoms with E-state index in [0.717, 1.165) is 17.6 Å². The molecule has 1 atom stereocenters. The molecule has 240 valence electrons. The monoisotopic (exact) mass is 644 g/mol. The molecule has 3 rings (SSSR count). The molecule has 45 heavy (non-hydrogen) atoms. The second kappa shape index (κ2) is 15.8. The molecule has 0 saturated heterocycles. The quantitative estimate of drug-likeness (QED) is 0.0649. The first-order valence-electron chi connectivity index (χ1n) is 15.6. The highest BCUT2D eigenvalue weighted by Gasteiger charge is 2.50. The summed E-state index contributed by atoms with van der Waals surface area (Å²) < 4.78 is 18.8. The lowest BCUT2D eigenvalue weighted by atomic mass is 9.91. The summed E-state index contributed by atoms with van der Waals surface area (Å²) in [6.45, 7) is 20.9. The van der Waals surface area contributed by atoms with Crippen LogP contribution in [-0.2, 0) is 15.6 Å². The van der Waals surface area contributed by atoms with E-state index in [1.165, 1.54) is 10.4 Å². The van der Waals surface area contributed by atoms with Gasteiger partial charge in [-0.2, -0.15) is 0 Å². The highest BCUT2D eigenvalue weighted by atomic mass is 35.5. The minimum absolute atomic E-state index is 0.0789. The Labute approximate surface area is 277 Å². The largest absolute Gasteiger partial charge is 0.461 e. The number of hydrogen-bond donors (Lipinski definition) is 0. The third-order valence-electron chi connectivity index (χ3n) is 7.70. The van der Waals surface area contributed by atoms with Gasteiger partial charge in [-0.15, -0.1) is 17.5 Å². The molecule has 0 radical (unpaired) electrons. The van der Waals surface area contributed by atoms with Crippen molar-refractivity contribution in [1.82, 2.24) is 0 Å². The Morgan fingerprint density at radius 1 is 0.978 bits per heavy atom. The fourth-order valence-electron chi connectivity index (χ4n) is 5.50. The predicted molar refractivity (Wildman–Crippen MR) is 191 cm³/mol. The van der Waals surface area contributed by atoms with Crippen LogP contribution in [0.1, 0.15) is 90.1 Å². The first-order chi connectivity index (χ1) is 21.2. The summed E-state index contributed by atoms with van der Waals surface area (Å²) in [6.07, 6.45) is 3.83. The average molecular weight is 645 g/mol. The SMILES string of the molecule is C=C(C)C(CCC#CCO[Si](c1ccccc1)(c1ccccc1)C(C)(C)C)Cc1oc(/C=C(\C)CCl)cc1C(=O)OC(C)(C)C. The highest BCUT2D eigenvalue weighted by Crippen LogP contribution is 2.36. The number of halogens is 1. The lowest BCUT2D eigenvalue weighted by Crippen LogP contribution is -2.66. The molecule has 3 aromatic rings. The van der Waals surface area contributed by atoms with Gasteiger partial charge in [0.1, 0.15) is 22.7 Å². The highest BCUT2D eigenvalue weighted by molar-refractivity contribution is 6.99. The molecule has 1 unspecified atom stereocenters. The molecular formula is C39H49ClO4Si. The van der Waals surface area contributed by atoms with Gasteiger partial charge in [0.05, 0.1) is 6.61 Å². The molecule has 0 N–H and O–H groups in total.